The SMILES string of the molecule is O=C1NCCN(Cc2cc(=O)c(O)c[nH]2)C1=O. The first kappa shape index (κ1) is 11.2. The minimum Gasteiger partial charge on any atom is -0.503 e. The van der Waals surface area contributed by atoms with Crippen LogP contribution in [-0.4, -0.2) is 39.9 Å². The van der Waals surface area contributed by atoms with E-state index >= 15 is 0 Å². The summed E-state index contributed by atoms with van der Waals surface area (Å²) in [6, 6.07) is 1.20. The molecule has 7 heteroatoms. The molecule has 0 aromatic carbocycles. The standard InChI is InChI=1S/C10H11N3O4/c14-7-3-6(12-4-8(7)15)5-13-2-1-11-9(16)10(13)17/h3-4,15H,1-2,5H2,(H,11,16)(H,12,14). The lowest BCUT2D eigenvalue weighted by Gasteiger charge is -2.26. The summed E-state index contributed by atoms with van der Waals surface area (Å²) in [4.78, 5) is 37.7. The largest absolute Gasteiger partial charge is 0.503 e. The lowest BCUT2D eigenvalue weighted by Crippen LogP contribution is -2.51. The van der Waals surface area contributed by atoms with E-state index in [0.717, 1.165) is 6.20 Å². The number of amides is 2. The lowest BCUT2D eigenvalue weighted by atomic mass is 10.2. The molecule has 1 aromatic heterocycles. The number of piperazine rings is 1. The zero-order valence-electron chi connectivity index (χ0n) is 8.90. The number of nitrogens with zero attached hydrogens (tertiary/aromatic N) is 1. The first-order valence-electron chi connectivity index (χ1n) is 5.05. The van der Waals surface area contributed by atoms with Gasteiger partial charge in [0, 0.05) is 31.0 Å². The van der Waals surface area contributed by atoms with E-state index in [9.17, 15) is 14.4 Å². The predicted molar refractivity (Wildman–Crippen MR) is 57.2 cm³/mol. The Morgan fingerprint density at radius 2 is 2.12 bits per heavy atom. The quantitative estimate of drug-likeness (QED) is 0.547. The van der Waals surface area contributed by atoms with E-state index in [1.54, 1.807) is 0 Å². The zero-order chi connectivity index (χ0) is 12.4. The number of carbonyl (C=O) groups excluding carboxylic acids is 2. The highest BCUT2D eigenvalue weighted by molar-refractivity contribution is 6.35. The molecule has 1 saturated heterocycles. The van der Waals surface area contributed by atoms with Crippen LogP contribution in [0.1, 0.15) is 5.69 Å². The number of aromatic amines is 1. The number of aromatic hydroxyl groups is 1. The van der Waals surface area contributed by atoms with Gasteiger partial charge in [0.05, 0.1) is 6.54 Å². The van der Waals surface area contributed by atoms with Crippen LogP contribution in [0.5, 0.6) is 5.75 Å². The molecule has 0 radical (unpaired) electrons. The number of rotatable bonds is 2. The van der Waals surface area contributed by atoms with Gasteiger partial charge in [0.1, 0.15) is 0 Å². The Labute approximate surface area is 96.1 Å². The number of nitrogens with one attached hydrogen (secondary N) is 2. The summed E-state index contributed by atoms with van der Waals surface area (Å²) in [6.45, 7) is 0.933. The molecular formula is C10H11N3O4. The van der Waals surface area contributed by atoms with Crippen molar-refractivity contribution in [1.82, 2.24) is 15.2 Å². The van der Waals surface area contributed by atoms with Gasteiger partial charge in [-0.05, 0) is 0 Å². The van der Waals surface area contributed by atoms with E-state index in [2.05, 4.69) is 10.3 Å². The molecule has 0 aliphatic carbocycles. The first-order valence-corrected chi connectivity index (χ1v) is 5.05. The first-order chi connectivity index (χ1) is 8.08. The molecule has 1 fully saturated rings. The van der Waals surface area contributed by atoms with E-state index in [1.165, 1.54) is 11.0 Å². The van der Waals surface area contributed by atoms with Crippen LogP contribution in [-0.2, 0) is 16.1 Å². The van der Waals surface area contributed by atoms with Crippen molar-refractivity contribution in [3.8, 4) is 5.75 Å². The number of hydrogen-bond donors (Lipinski definition) is 3. The molecule has 90 valence electrons. The van der Waals surface area contributed by atoms with Crippen LogP contribution in [0.4, 0.5) is 0 Å². The molecule has 2 heterocycles. The Hall–Kier alpha value is -2.31. The van der Waals surface area contributed by atoms with Crippen LogP contribution in [0.25, 0.3) is 0 Å². The molecule has 0 saturated carbocycles. The lowest BCUT2D eigenvalue weighted by molar-refractivity contribution is -0.148. The zero-order valence-corrected chi connectivity index (χ0v) is 8.90. The van der Waals surface area contributed by atoms with Crippen LogP contribution in [0, 0.1) is 0 Å². The maximum absolute atomic E-state index is 11.5. The molecule has 2 rings (SSSR count). The summed E-state index contributed by atoms with van der Waals surface area (Å²) >= 11 is 0. The van der Waals surface area contributed by atoms with E-state index in [4.69, 9.17) is 5.11 Å². The Kier molecular flexibility index (Phi) is 2.82. The molecule has 0 unspecified atom stereocenters. The molecule has 3 N–H and O–H groups in total. The highest BCUT2D eigenvalue weighted by Gasteiger charge is 2.26. The second-order valence-corrected chi connectivity index (χ2v) is 3.69. The number of H-pyrrole nitrogens is 1. The maximum atomic E-state index is 11.5. The normalized spacial score (nSPS) is 15.9. The molecule has 1 aromatic rings. The van der Waals surface area contributed by atoms with Gasteiger partial charge in [0.2, 0.25) is 5.43 Å². The maximum Gasteiger partial charge on any atom is 0.312 e. The van der Waals surface area contributed by atoms with Crippen molar-refractivity contribution in [2.75, 3.05) is 13.1 Å². The van der Waals surface area contributed by atoms with Gasteiger partial charge in [0.25, 0.3) is 0 Å². The van der Waals surface area contributed by atoms with Gasteiger partial charge in [-0.2, -0.15) is 0 Å². The fourth-order valence-corrected chi connectivity index (χ4v) is 1.58. The highest BCUT2D eigenvalue weighted by atomic mass is 16.3. The van der Waals surface area contributed by atoms with Gasteiger partial charge in [-0.25, -0.2) is 0 Å². The number of aromatic nitrogens is 1. The minimum absolute atomic E-state index is 0.141. The topological polar surface area (TPSA) is 102 Å². The van der Waals surface area contributed by atoms with Crippen LogP contribution >= 0.6 is 0 Å². The van der Waals surface area contributed by atoms with Gasteiger partial charge in [0.15, 0.2) is 5.75 Å². The van der Waals surface area contributed by atoms with Gasteiger partial charge in [-0.1, -0.05) is 0 Å². The summed E-state index contributed by atoms with van der Waals surface area (Å²) in [6.07, 6.45) is 1.16. The van der Waals surface area contributed by atoms with Gasteiger partial charge < -0.3 is 20.3 Å². The fourth-order valence-electron chi connectivity index (χ4n) is 1.58. The van der Waals surface area contributed by atoms with E-state index in [-0.39, 0.29) is 12.3 Å². The average molecular weight is 237 g/mol. The minimum atomic E-state index is -0.641. The Morgan fingerprint density at radius 1 is 1.35 bits per heavy atom. The van der Waals surface area contributed by atoms with Gasteiger partial charge in [-0.15, -0.1) is 0 Å². The van der Waals surface area contributed by atoms with Crippen molar-refractivity contribution < 1.29 is 14.7 Å². The van der Waals surface area contributed by atoms with E-state index in [1.807, 2.05) is 0 Å². The van der Waals surface area contributed by atoms with Crippen LogP contribution < -0.4 is 10.7 Å². The second-order valence-electron chi connectivity index (χ2n) is 3.69. The summed E-state index contributed by atoms with van der Waals surface area (Å²) in [7, 11) is 0. The monoisotopic (exact) mass is 237 g/mol. The fraction of sp³-hybridized carbons (Fsp3) is 0.300. The second kappa shape index (κ2) is 4.28. The third-order valence-corrected chi connectivity index (χ3v) is 2.46. The van der Waals surface area contributed by atoms with Crippen molar-refractivity contribution in [3.05, 3.63) is 28.2 Å². The Morgan fingerprint density at radius 3 is 2.82 bits per heavy atom. The van der Waals surface area contributed by atoms with Crippen molar-refractivity contribution in [3.63, 3.8) is 0 Å². The molecule has 1 aliphatic rings. The third-order valence-electron chi connectivity index (χ3n) is 2.46. The van der Waals surface area contributed by atoms with Crippen molar-refractivity contribution in [1.29, 1.82) is 0 Å². The molecule has 1 aliphatic heterocycles. The summed E-state index contributed by atoms with van der Waals surface area (Å²) in [5, 5.41) is 11.5. The molecule has 7 nitrogen and oxygen atoms in total. The number of carbonyl (C=O) groups is 2. The number of pyridine rings is 1. The van der Waals surface area contributed by atoms with Crippen LogP contribution in [0.2, 0.25) is 0 Å². The Bertz CT molecular complexity index is 523. The van der Waals surface area contributed by atoms with E-state index in [0.29, 0.717) is 18.8 Å². The molecule has 2 amide bonds. The van der Waals surface area contributed by atoms with Crippen LogP contribution in [0.15, 0.2) is 17.1 Å². The Balaban J connectivity index is 2.15. The summed E-state index contributed by atoms with van der Waals surface area (Å²) in [5.74, 6) is -1.64. The third kappa shape index (κ3) is 2.27. The molecule has 0 spiro atoms. The molecule has 17 heavy (non-hydrogen) atoms. The summed E-state index contributed by atoms with van der Waals surface area (Å²) < 4.78 is 0. The van der Waals surface area contributed by atoms with Gasteiger partial charge in [-0.3, -0.25) is 14.4 Å². The summed E-state index contributed by atoms with van der Waals surface area (Å²) in [5.41, 5.74) is -0.0523. The van der Waals surface area contributed by atoms with E-state index < -0.39 is 17.2 Å². The van der Waals surface area contributed by atoms with Crippen molar-refractivity contribution in [2.24, 2.45) is 0 Å². The highest BCUT2D eigenvalue weighted by Crippen LogP contribution is 2.05. The van der Waals surface area contributed by atoms with Gasteiger partial charge >= 0.3 is 11.8 Å². The van der Waals surface area contributed by atoms with Crippen LogP contribution in [0.3, 0.4) is 0 Å². The smallest absolute Gasteiger partial charge is 0.312 e. The average Bonchev–Trinajstić information content (AvgIpc) is 2.30. The molecular weight excluding hydrogens is 226 g/mol. The molecule has 0 atom stereocenters. The van der Waals surface area contributed by atoms with Crippen molar-refractivity contribution in [2.45, 2.75) is 6.54 Å². The predicted octanol–water partition coefficient (Wildman–Crippen LogP) is -1.46. The number of hydrogen-bond acceptors (Lipinski definition) is 4. The molecule has 0 bridgehead atoms. The van der Waals surface area contributed by atoms with Crippen molar-refractivity contribution >= 4 is 11.8 Å².